The molecule has 4 atom stereocenters. The molecular formula is C14H21NO4. The van der Waals surface area contributed by atoms with Gasteiger partial charge in [0.15, 0.2) is 6.29 Å². The lowest BCUT2D eigenvalue weighted by atomic mass is 10.0. The Morgan fingerprint density at radius 3 is 2.74 bits per heavy atom. The number of ether oxygens (including phenoxy) is 2. The minimum absolute atomic E-state index is 0.298. The maximum Gasteiger partial charge on any atom is 0.160 e. The van der Waals surface area contributed by atoms with E-state index in [2.05, 4.69) is 5.32 Å². The summed E-state index contributed by atoms with van der Waals surface area (Å²) in [4.78, 5) is 0. The Kier molecular flexibility index (Phi) is 5.30. The van der Waals surface area contributed by atoms with Crippen LogP contribution in [-0.2, 0) is 16.0 Å². The van der Waals surface area contributed by atoms with Gasteiger partial charge in [0.1, 0.15) is 12.2 Å². The van der Waals surface area contributed by atoms with E-state index in [-0.39, 0.29) is 0 Å². The molecule has 0 aliphatic carbocycles. The van der Waals surface area contributed by atoms with Crippen LogP contribution in [-0.4, -0.2) is 48.5 Å². The van der Waals surface area contributed by atoms with Gasteiger partial charge in [0.05, 0.1) is 6.10 Å². The Bertz CT molecular complexity index is 373. The lowest BCUT2D eigenvalue weighted by Crippen LogP contribution is -2.52. The first-order chi connectivity index (χ1) is 9.20. The molecule has 106 valence electrons. The van der Waals surface area contributed by atoms with Crippen molar-refractivity contribution in [2.45, 2.75) is 37.6 Å². The van der Waals surface area contributed by atoms with Gasteiger partial charge < -0.3 is 25.0 Å². The molecular weight excluding hydrogens is 246 g/mol. The van der Waals surface area contributed by atoms with E-state index in [1.807, 2.05) is 30.3 Å². The van der Waals surface area contributed by atoms with Crippen molar-refractivity contribution in [3.05, 3.63) is 35.9 Å². The van der Waals surface area contributed by atoms with Crippen LogP contribution < -0.4 is 5.32 Å². The van der Waals surface area contributed by atoms with E-state index in [4.69, 9.17) is 9.47 Å². The number of nitrogens with one attached hydrogen (secondary N) is 1. The number of benzene rings is 1. The highest BCUT2D eigenvalue weighted by molar-refractivity contribution is 5.14. The lowest BCUT2D eigenvalue weighted by molar-refractivity contribution is -0.240. The molecule has 1 aromatic carbocycles. The lowest BCUT2D eigenvalue weighted by Gasteiger charge is -2.36. The normalized spacial score (nSPS) is 31.3. The van der Waals surface area contributed by atoms with E-state index in [9.17, 15) is 10.2 Å². The van der Waals surface area contributed by atoms with Crippen molar-refractivity contribution in [1.82, 2.24) is 5.32 Å². The first-order valence-corrected chi connectivity index (χ1v) is 6.49. The molecule has 0 spiro atoms. The predicted octanol–water partition coefficient (Wildman–Crippen LogP) is 0.259. The summed E-state index contributed by atoms with van der Waals surface area (Å²) < 4.78 is 10.6. The Balaban J connectivity index is 1.80. The molecule has 1 aliphatic rings. The molecule has 2 rings (SSSR count). The molecule has 5 heteroatoms. The number of rotatable bonds is 5. The fourth-order valence-corrected chi connectivity index (χ4v) is 2.19. The number of aliphatic hydroxyl groups excluding tert-OH is 2. The van der Waals surface area contributed by atoms with Crippen LogP contribution in [0.1, 0.15) is 12.0 Å². The quantitative estimate of drug-likeness (QED) is 0.714. The highest BCUT2D eigenvalue weighted by Gasteiger charge is 2.36. The van der Waals surface area contributed by atoms with E-state index < -0.39 is 24.6 Å². The SMILES string of the molecule is CO[C@H]1C[C@@H](O)[C@H](O)[C@@H](CNCc2ccccc2)O1. The number of aliphatic hydroxyl groups is 2. The molecule has 0 amide bonds. The second-order valence-electron chi connectivity index (χ2n) is 4.75. The Hall–Kier alpha value is -0.980. The molecule has 1 heterocycles. The molecule has 1 saturated heterocycles. The van der Waals surface area contributed by atoms with Crippen molar-refractivity contribution < 1.29 is 19.7 Å². The molecule has 3 N–H and O–H groups in total. The average Bonchev–Trinajstić information content (AvgIpc) is 2.44. The third kappa shape index (κ3) is 3.99. The predicted molar refractivity (Wildman–Crippen MR) is 70.4 cm³/mol. The maximum atomic E-state index is 9.88. The van der Waals surface area contributed by atoms with Gasteiger partial charge in [0.2, 0.25) is 0 Å². The summed E-state index contributed by atoms with van der Waals surface area (Å²) in [5.41, 5.74) is 1.16. The van der Waals surface area contributed by atoms with Crippen LogP contribution in [0.2, 0.25) is 0 Å². The minimum atomic E-state index is -0.880. The highest BCUT2D eigenvalue weighted by Crippen LogP contribution is 2.20. The summed E-state index contributed by atoms with van der Waals surface area (Å²) in [5, 5.41) is 22.8. The summed E-state index contributed by atoms with van der Waals surface area (Å²) in [6.07, 6.45) is -2.30. The third-order valence-corrected chi connectivity index (χ3v) is 3.32. The van der Waals surface area contributed by atoms with Crippen LogP contribution in [0.15, 0.2) is 30.3 Å². The zero-order valence-electron chi connectivity index (χ0n) is 11.0. The maximum absolute atomic E-state index is 9.88. The largest absolute Gasteiger partial charge is 0.390 e. The van der Waals surface area contributed by atoms with Crippen molar-refractivity contribution in [3.63, 3.8) is 0 Å². The molecule has 0 aromatic heterocycles. The second kappa shape index (κ2) is 6.98. The van der Waals surface area contributed by atoms with Gasteiger partial charge in [-0.3, -0.25) is 0 Å². The first-order valence-electron chi connectivity index (χ1n) is 6.49. The van der Waals surface area contributed by atoms with Gasteiger partial charge in [-0.2, -0.15) is 0 Å². The molecule has 1 aromatic rings. The van der Waals surface area contributed by atoms with Crippen molar-refractivity contribution in [2.24, 2.45) is 0 Å². The van der Waals surface area contributed by atoms with Crippen LogP contribution in [0.25, 0.3) is 0 Å². The average molecular weight is 267 g/mol. The van der Waals surface area contributed by atoms with Gasteiger partial charge >= 0.3 is 0 Å². The zero-order valence-corrected chi connectivity index (χ0v) is 11.0. The van der Waals surface area contributed by atoms with E-state index in [0.717, 1.165) is 5.56 Å². The standard InChI is InChI=1S/C14H21NO4/c1-18-13-7-11(16)14(17)12(19-13)9-15-8-10-5-3-2-4-6-10/h2-6,11-17H,7-9H2,1H3/t11-,12-,13-,14+/m1/s1. The molecule has 5 nitrogen and oxygen atoms in total. The van der Waals surface area contributed by atoms with Crippen LogP contribution in [0.4, 0.5) is 0 Å². The molecule has 19 heavy (non-hydrogen) atoms. The van der Waals surface area contributed by atoms with Crippen LogP contribution in [0, 0.1) is 0 Å². The molecule has 1 aliphatic heterocycles. The Morgan fingerprint density at radius 2 is 2.05 bits per heavy atom. The molecule has 1 fully saturated rings. The number of hydrogen-bond acceptors (Lipinski definition) is 5. The van der Waals surface area contributed by atoms with Crippen LogP contribution >= 0.6 is 0 Å². The summed E-state index contributed by atoms with van der Waals surface area (Å²) in [5.74, 6) is 0. The van der Waals surface area contributed by atoms with Gasteiger partial charge in [-0.25, -0.2) is 0 Å². The van der Waals surface area contributed by atoms with Crippen molar-refractivity contribution in [2.75, 3.05) is 13.7 Å². The summed E-state index contributed by atoms with van der Waals surface area (Å²) in [6, 6.07) is 9.98. The second-order valence-corrected chi connectivity index (χ2v) is 4.75. The Labute approximate surface area is 113 Å². The number of hydrogen-bond donors (Lipinski definition) is 3. The van der Waals surface area contributed by atoms with E-state index >= 15 is 0 Å². The molecule has 0 radical (unpaired) electrons. The van der Waals surface area contributed by atoms with Gasteiger partial charge in [-0.05, 0) is 5.56 Å². The van der Waals surface area contributed by atoms with E-state index in [1.54, 1.807) is 0 Å². The fourth-order valence-electron chi connectivity index (χ4n) is 2.19. The van der Waals surface area contributed by atoms with Gasteiger partial charge in [0.25, 0.3) is 0 Å². The van der Waals surface area contributed by atoms with Crippen molar-refractivity contribution in [1.29, 1.82) is 0 Å². The molecule has 0 saturated carbocycles. The highest BCUT2D eigenvalue weighted by atomic mass is 16.7. The van der Waals surface area contributed by atoms with Gasteiger partial charge in [-0.1, -0.05) is 30.3 Å². The molecule has 0 unspecified atom stereocenters. The smallest absolute Gasteiger partial charge is 0.160 e. The van der Waals surface area contributed by atoms with E-state index in [0.29, 0.717) is 19.5 Å². The first kappa shape index (κ1) is 14.4. The van der Waals surface area contributed by atoms with Gasteiger partial charge in [0, 0.05) is 26.6 Å². The fraction of sp³-hybridized carbons (Fsp3) is 0.571. The Morgan fingerprint density at radius 1 is 1.32 bits per heavy atom. The van der Waals surface area contributed by atoms with Gasteiger partial charge in [-0.15, -0.1) is 0 Å². The molecule has 0 bridgehead atoms. The van der Waals surface area contributed by atoms with Crippen LogP contribution in [0.5, 0.6) is 0 Å². The zero-order chi connectivity index (χ0) is 13.7. The monoisotopic (exact) mass is 267 g/mol. The topological polar surface area (TPSA) is 71.0 Å². The summed E-state index contributed by atoms with van der Waals surface area (Å²) in [7, 11) is 1.53. The van der Waals surface area contributed by atoms with Crippen LogP contribution in [0.3, 0.4) is 0 Å². The number of methoxy groups -OCH3 is 1. The summed E-state index contributed by atoms with van der Waals surface area (Å²) >= 11 is 0. The van der Waals surface area contributed by atoms with Crippen molar-refractivity contribution in [3.8, 4) is 0 Å². The van der Waals surface area contributed by atoms with Crippen molar-refractivity contribution >= 4 is 0 Å². The van der Waals surface area contributed by atoms with E-state index in [1.165, 1.54) is 7.11 Å². The third-order valence-electron chi connectivity index (χ3n) is 3.32. The summed E-state index contributed by atoms with van der Waals surface area (Å²) in [6.45, 7) is 1.16. The minimum Gasteiger partial charge on any atom is -0.390 e.